The van der Waals surface area contributed by atoms with E-state index in [-0.39, 0.29) is 11.8 Å². The lowest BCUT2D eigenvalue weighted by atomic mass is 10.1. The van der Waals surface area contributed by atoms with Crippen molar-refractivity contribution in [3.05, 3.63) is 59.4 Å². The molecule has 0 aliphatic heterocycles. The van der Waals surface area contributed by atoms with E-state index in [0.717, 1.165) is 11.3 Å². The second-order valence-electron chi connectivity index (χ2n) is 5.26. The maximum absolute atomic E-state index is 12.2. The number of para-hydroxylation sites is 1. The molecule has 0 saturated heterocycles. The highest BCUT2D eigenvalue weighted by Gasteiger charge is 2.08. The molecule has 0 atom stereocenters. The Bertz CT molecular complexity index is 716. The van der Waals surface area contributed by atoms with Crippen LogP contribution in [0.3, 0.4) is 0 Å². The minimum Gasteiger partial charge on any atom is -0.496 e. The van der Waals surface area contributed by atoms with Crippen LogP contribution in [0.15, 0.2) is 42.6 Å². The maximum Gasteiger partial charge on any atom is 0.251 e. The first-order valence-corrected chi connectivity index (χ1v) is 7.69. The fraction of sp³-hybridized carbons (Fsp3) is 0.278. The van der Waals surface area contributed by atoms with Crippen LogP contribution in [0.4, 0.5) is 0 Å². The summed E-state index contributed by atoms with van der Waals surface area (Å²) in [6, 6.07) is 11.0. The van der Waals surface area contributed by atoms with Crippen LogP contribution in [-0.4, -0.2) is 30.5 Å². The number of methoxy groups -OCH3 is 1. The molecule has 2 aromatic rings. The van der Waals surface area contributed by atoms with Crippen LogP contribution in [0.2, 0.25) is 0 Å². The number of amides is 2. The third-order valence-corrected chi connectivity index (χ3v) is 3.47. The number of rotatable bonds is 7. The van der Waals surface area contributed by atoms with Crippen molar-refractivity contribution in [1.29, 1.82) is 0 Å². The molecule has 1 aromatic heterocycles. The highest BCUT2D eigenvalue weighted by atomic mass is 16.5. The van der Waals surface area contributed by atoms with Crippen molar-refractivity contribution in [3.8, 4) is 5.75 Å². The fourth-order valence-electron chi connectivity index (χ4n) is 2.25. The van der Waals surface area contributed by atoms with Crippen molar-refractivity contribution >= 4 is 11.8 Å². The molecule has 0 unspecified atom stereocenters. The molecule has 2 rings (SSSR count). The van der Waals surface area contributed by atoms with Gasteiger partial charge in [-0.2, -0.15) is 0 Å². The standard InChI is InChI=1S/C18H21N3O3/c1-13(22)21-12-16-11-15(8-9-19-16)18(23)20-10-7-14-5-3-4-6-17(14)24-2/h3-6,8-9,11H,7,10,12H2,1-2H3,(H,20,23)(H,21,22). The summed E-state index contributed by atoms with van der Waals surface area (Å²) in [5.74, 6) is 0.507. The molecule has 1 heterocycles. The van der Waals surface area contributed by atoms with Gasteiger partial charge in [0.15, 0.2) is 0 Å². The number of benzene rings is 1. The van der Waals surface area contributed by atoms with Crippen LogP contribution < -0.4 is 15.4 Å². The Morgan fingerprint density at radius 1 is 1.17 bits per heavy atom. The van der Waals surface area contributed by atoms with E-state index in [9.17, 15) is 9.59 Å². The molecule has 6 heteroatoms. The summed E-state index contributed by atoms with van der Waals surface area (Å²) < 4.78 is 5.29. The Hall–Kier alpha value is -2.89. The molecule has 0 aliphatic carbocycles. The predicted molar refractivity (Wildman–Crippen MR) is 90.8 cm³/mol. The predicted octanol–water partition coefficient (Wildman–Crippen LogP) is 1.70. The van der Waals surface area contributed by atoms with Gasteiger partial charge in [-0.1, -0.05) is 18.2 Å². The Balaban J connectivity index is 1.90. The molecular formula is C18H21N3O3. The van der Waals surface area contributed by atoms with E-state index in [1.165, 1.54) is 6.92 Å². The van der Waals surface area contributed by atoms with Gasteiger partial charge in [0, 0.05) is 25.2 Å². The first-order valence-electron chi connectivity index (χ1n) is 7.69. The van der Waals surface area contributed by atoms with E-state index < -0.39 is 0 Å². The van der Waals surface area contributed by atoms with Gasteiger partial charge in [0.2, 0.25) is 5.91 Å². The number of hydrogen-bond acceptors (Lipinski definition) is 4. The van der Waals surface area contributed by atoms with Crippen molar-refractivity contribution in [2.45, 2.75) is 19.9 Å². The Labute approximate surface area is 141 Å². The summed E-state index contributed by atoms with van der Waals surface area (Å²) in [7, 11) is 1.63. The van der Waals surface area contributed by atoms with Crippen LogP contribution in [0.25, 0.3) is 0 Å². The van der Waals surface area contributed by atoms with E-state index in [1.54, 1.807) is 25.4 Å². The first kappa shape index (κ1) is 17.5. The summed E-state index contributed by atoms with van der Waals surface area (Å²) in [5, 5.41) is 5.54. The number of pyridine rings is 1. The largest absolute Gasteiger partial charge is 0.496 e. The van der Waals surface area contributed by atoms with Gasteiger partial charge < -0.3 is 15.4 Å². The Morgan fingerprint density at radius 3 is 2.71 bits per heavy atom. The lowest BCUT2D eigenvalue weighted by Crippen LogP contribution is -2.26. The minimum absolute atomic E-state index is 0.136. The van der Waals surface area contributed by atoms with Gasteiger partial charge in [0.1, 0.15) is 5.75 Å². The summed E-state index contributed by atoms with van der Waals surface area (Å²) in [4.78, 5) is 27.3. The van der Waals surface area contributed by atoms with Crippen molar-refractivity contribution < 1.29 is 14.3 Å². The second-order valence-corrected chi connectivity index (χ2v) is 5.26. The highest BCUT2D eigenvalue weighted by molar-refractivity contribution is 5.94. The topological polar surface area (TPSA) is 80.3 Å². The molecule has 1 aromatic carbocycles. The summed E-state index contributed by atoms with van der Waals surface area (Å²) in [5.41, 5.74) is 2.20. The number of carbonyl (C=O) groups excluding carboxylic acids is 2. The van der Waals surface area contributed by atoms with Crippen LogP contribution >= 0.6 is 0 Å². The molecule has 2 amide bonds. The average Bonchev–Trinajstić information content (AvgIpc) is 2.60. The molecule has 2 N–H and O–H groups in total. The first-order chi connectivity index (χ1) is 11.6. The number of nitrogens with one attached hydrogen (secondary N) is 2. The second kappa shape index (κ2) is 8.67. The van der Waals surface area contributed by atoms with E-state index in [1.807, 2.05) is 24.3 Å². The molecule has 6 nitrogen and oxygen atoms in total. The average molecular weight is 327 g/mol. The lowest BCUT2D eigenvalue weighted by molar-refractivity contribution is -0.119. The van der Waals surface area contributed by atoms with E-state index in [0.29, 0.717) is 30.8 Å². The molecule has 0 aliphatic rings. The van der Waals surface area contributed by atoms with Crippen molar-refractivity contribution in [1.82, 2.24) is 15.6 Å². The summed E-state index contributed by atoms with van der Waals surface area (Å²) in [6.07, 6.45) is 2.24. The monoisotopic (exact) mass is 327 g/mol. The van der Waals surface area contributed by atoms with Gasteiger partial charge in [-0.05, 0) is 30.2 Å². The van der Waals surface area contributed by atoms with Crippen LogP contribution in [0.5, 0.6) is 5.75 Å². The van der Waals surface area contributed by atoms with Crippen LogP contribution in [0.1, 0.15) is 28.5 Å². The van der Waals surface area contributed by atoms with Gasteiger partial charge in [-0.25, -0.2) is 0 Å². The van der Waals surface area contributed by atoms with Crippen LogP contribution in [0, 0.1) is 0 Å². The maximum atomic E-state index is 12.2. The smallest absolute Gasteiger partial charge is 0.251 e. The minimum atomic E-state index is -0.170. The summed E-state index contributed by atoms with van der Waals surface area (Å²) in [6.45, 7) is 2.24. The molecule has 0 radical (unpaired) electrons. The Morgan fingerprint density at radius 2 is 1.96 bits per heavy atom. The molecule has 0 bridgehead atoms. The Kier molecular flexibility index (Phi) is 6.31. The van der Waals surface area contributed by atoms with Gasteiger partial charge in [0.05, 0.1) is 19.3 Å². The number of aromatic nitrogens is 1. The fourth-order valence-corrected chi connectivity index (χ4v) is 2.25. The molecule has 0 spiro atoms. The number of nitrogens with zero attached hydrogens (tertiary/aromatic N) is 1. The van der Waals surface area contributed by atoms with E-state index in [2.05, 4.69) is 15.6 Å². The molecule has 126 valence electrons. The molecule has 0 fully saturated rings. The van der Waals surface area contributed by atoms with E-state index >= 15 is 0 Å². The molecule has 0 saturated carbocycles. The van der Waals surface area contributed by atoms with Crippen molar-refractivity contribution in [2.24, 2.45) is 0 Å². The highest BCUT2D eigenvalue weighted by Crippen LogP contribution is 2.17. The molecular weight excluding hydrogens is 306 g/mol. The summed E-state index contributed by atoms with van der Waals surface area (Å²) >= 11 is 0. The zero-order chi connectivity index (χ0) is 17.4. The molecule has 24 heavy (non-hydrogen) atoms. The SMILES string of the molecule is COc1ccccc1CCNC(=O)c1ccnc(CNC(C)=O)c1. The number of ether oxygens (including phenoxy) is 1. The quantitative estimate of drug-likeness (QED) is 0.811. The van der Waals surface area contributed by atoms with Crippen molar-refractivity contribution in [3.63, 3.8) is 0 Å². The van der Waals surface area contributed by atoms with Crippen molar-refractivity contribution in [2.75, 3.05) is 13.7 Å². The zero-order valence-electron chi connectivity index (χ0n) is 13.8. The van der Waals surface area contributed by atoms with E-state index in [4.69, 9.17) is 4.74 Å². The van der Waals surface area contributed by atoms with Gasteiger partial charge in [0.25, 0.3) is 5.91 Å². The van der Waals surface area contributed by atoms with Gasteiger partial charge >= 0.3 is 0 Å². The van der Waals surface area contributed by atoms with Gasteiger partial charge in [-0.3, -0.25) is 14.6 Å². The van der Waals surface area contributed by atoms with Gasteiger partial charge in [-0.15, -0.1) is 0 Å². The van der Waals surface area contributed by atoms with Crippen LogP contribution in [-0.2, 0) is 17.8 Å². The third kappa shape index (κ3) is 5.08. The zero-order valence-corrected chi connectivity index (χ0v) is 13.8. The number of carbonyl (C=O) groups is 2. The number of hydrogen-bond donors (Lipinski definition) is 2. The third-order valence-electron chi connectivity index (χ3n) is 3.47. The normalized spacial score (nSPS) is 10.1. The lowest BCUT2D eigenvalue weighted by Gasteiger charge is -2.09.